The maximum Gasteiger partial charge on any atom is 0.312 e. The molecule has 0 fully saturated rings. The summed E-state index contributed by atoms with van der Waals surface area (Å²) in [6.45, 7) is 2.17. The van der Waals surface area contributed by atoms with Crippen LogP contribution in [0.3, 0.4) is 0 Å². The maximum absolute atomic E-state index is 11.1. The van der Waals surface area contributed by atoms with Crippen LogP contribution in [0, 0.1) is 0 Å². The Morgan fingerprint density at radius 3 is 2.83 bits per heavy atom. The number of carboxylic acid groups (broad SMARTS) is 1. The number of aryl methyl sites for hydroxylation is 1. The summed E-state index contributed by atoms with van der Waals surface area (Å²) in [5.74, 6) is -1.55. The molecule has 1 heterocycles. The topological polar surface area (TPSA) is 76.2 Å². The number of aliphatic carboxylic acids is 1. The highest BCUT2D eigenvalue weighted by molar-refractivity contribution is 5.87. The first-order valence-electron chi connectivity index (χ1n) is 5.96. The fourth-order valence-electron chi connectivity index (χ4n) is 2.14. The zero-order valence-electron chi connectivity index (χ0n) is 10.3. The predicted octanol–water partition coefficient (Wildman–Crippen LogP) is 1.92. The molecule has 0 saturated carbocycles. The van der Waals surface area contributed by atoms with Crippen LogP contribution in [0.25, 0.3) is 10.8 Å². The first-order chi connectivity index (χ1) is 8.67. The number of carboxylic acids is 1. The van der Waals surface area contributed by atoms with Crippen LogP contribution >= 0.6 is 0 Å². The maximum atomic E-state index is 11.1. The van der Waals surface area contributed by atoms with Gasteiger partial charge in [0.25, 0.3) is 0 Å². The van der Waals surface area contributed by atoms with Crippen molar-refractivity contribution in [1.29, 1.82) is 0 Å². The molecule has 1 aromatic heterocycles. The van der Waals surface area contributed by atoms with E-state index in [4.69, 9.17) is 10.8 Å². The molecule has 0 amide bonds. The molecule has 0 aliphatic heterocycles. The predicted molar refractivity (Wildman–Crippen MR) is 70.6 cm³/mol. The van der Waals surface area contributed by atoms with Crippen molar-refractivity contribution in [2.75, 3.05) is 6.54 Å². The molecule has 1 aromatic carbocycles. The van der Waals surface area contributed by atoms with Crippen LogP contribution in [0.15, 0.2) is 30.6 Å². The van der Waals surface area contributed by atoms with E-state index in [-0.39, 0.29) is 6.54 Å². The number of carbonyl (C=O) groups is 1. The van der Waals surface area contributed by atoms with Crippen molar-refractivity contribution in [2.24, 2.45) is 5.73 Å². The zero-order valence-corrected chi connectivity index (χ0v) is 10.3. The molecule has 18 heavy (non-hydrogen) atoms. The zero-order chi connectivity index (χ0) is 13.1. The molecule has 0 aliphatic carbocycles. The van der Waals surface area contributed by atoms with Crippen LogP contribution in [-0.4, -0.2) is 22.6 Å². The summed E-state index contributed by atoms with van der Waals surface area (Å²) in [5.41, 5.74) is 7.40. The molecule has 0 aliphatic rings. The third-order valence-corrected chi connectivity index (χ3v) is 3.18. The van der Waals surface area contributed by atoms with E-state index < -0.39 is 11.9 Å². The fourth-order valence-corrected chi connectivity index (χ4v) is 2.14. The number of hydrogen-bond donors (Lipinski definition) is 2. The van der Waals surface area contributed by atoms with Crippen molar-refractivity contribution < 1.29 is 9.90 Å². The van der Waals surface area contributed by atoms with Crippen LogP contribution < -0.4 is 5.73 Å². The van der Waals surface area contributed by atoms with E-state index in [1.807, 2.05) is 24.4 Å². The first-order valence-corrected chi connectivity index (χ1v) is 5.96. The molecule has 4 nitrogen and oxygen atoms in total. The second-order valence-corrected chi connectivity index (χ2v) is 4.26. The highest BCUT2D eigenvalue weighted by Gasteiger charge is 2.18. The van der Waals surface area contributed by atoms with Crippen LogP contribution in [0.2, 0.25) is 0 Å². The highest BCUT2D eigenvalue weighted by Crippen LogP contribution is 2.23. The smallest absolute Gasteiger partial charge is 0.312 e. The van der Waals surface area contributed by atoms with Gasteiger partial charge in [-0.15, -0.1) is 0 Å². The van der Waals surface area contributed by atoms with E-state index >= 15 is 0 Å². The largest absolute Gasteiger partial charge is 0.481 e. The van der Waals surface area contributed by atoms with Gasteiger partial charge in [-0.2, -0.15) is 0 Å². The summed E-state index contributed by atoms with van der Waals surface area (Å²) in [4.78, 5) is 15.3. The van der Waals surface area contributed by atoms with E-state index in [1.54, 1.807) is 6.20 Å². The summed E-state index contributed by atoms with van der Waals surface area (Å²) in [5, 5.41) is 11.2. The van der Waals surface area contributed by atoms with Crippen molar-refractivity contribution in [3.63, 3.8) is 0 Å². The number of nitrogens with zero attached hydrogens (tertiary/aromatic N) is 1. The summed E-state index contributed by atoms with van der Waals surface area (Å²) in [6, 6.07) is 5.66. The number of benzene rings is 1. The number of nitrogens with two attached hydrogens (primary N) is 1. The lowest BCUT2D eigenvalue weighted by molar-refractivity contribution is -0.138. The molecule has 3 N–H and O–H groups in total. The van der Waals surface area contributed by atoms with Gasteiger partial charge in [-0.3, -0.25) is 9.78 Å². The minimum Gasteiger partial charge on any atom is -0.481 e. The van der Waals surface area contributed by atoms with Gasteiger partial charge in [-0.05, 0) is 29.0 Å². The lowest BCUT2D eigenvalue weighted by atomic mass is 9.95. The van der Waals surface area contributed by atoms with Gasteiger partial charge in [-0.25, -0.2) is 0 Å². The minimum atomic E-state index is -0.892. The Kier molecular flexibility index (Phi) is 3.58. The first kappa shape index (κ1) is 12.5. The van der Waals surface area contributed by atoms with Gasteiger partial charge in [0, 0.05) is 24.3 Å². The third-order valence-electron chi connectivity index (χ3n) is 3.18. The lowest BCUT2D eigenvalue weighted by Crippen LogP contribution is -2.21. The van der Waals surface area contributed by atoms with Crippen molar-refractivity contribution in [1.82, 2.24) is 4.98 Å². The van der Waals surface area contributed by atoms with E-state index in [9.17, 15) is 4.79 Å². The second-order valence-electron chi connectivity index (χ2n) is 4.26. The lowest BCUT2D eigenvalue weighted by Gasteiger charge is -2.12. The molecule has 0 bridgehead atoms. The molecule has 2 aromatic rings. The van der Waals surface area contributed by atoms with E-state index in [2.05, 4.69) is 11.9 Å². The Balaban J connectivity index is 2.54. The van der Waals surface area contributed by atoms with Gasteiger partial charge < -0.3 is 10.8 Å². The molecule has 0 saturated heterocycles. The van der Waals surface area contributed by atoms with E-state index in [0.717, 1.165) is 22.8 Å². The molecule has 4 heteroatoms. The molecular formula is C14H16N2O2. The van der Waals surface area contributed by atoms with Gasteiger partial charge in [0.1, 0.15) is 0 Å². The van der Waals surface area contributed by atoms with E-state index in [0.29, 0.717) is 0 Å². The Bertz CT molecular complexity index is 581. The van der Waals surface area contributed by atoms with Crippen molar-refractivity contribution in [3.05, 3.63) is 41.7 Å². The molecule has 1 atom stereocenters. The third kappa shape index (κ3) is 2.19. The number of rotatable bonds is 4. The van der Waals surface area contributed by atoms with Crippen LogP contribution in [0.1, 0.15) is 24.0 Å². The summed E-state index contributed by atoms with van der Waals surface area (Å²) in [7, 11) is 0. The average Bonchev–Trinajstić information content (AvgIpc) is 2.38. The monoisotopic (exact) mass is 244 g/mol. The fraction of sp³-hybridized carbons (Fsp3) is 0.286. The minimum absolute atomic E-state index is 0.0989. The van der Waals surface area contributed by atoms with Crippen molar-refractivity contribution in [3.8, 4) is 0 Å². The van der Waals surface area contributed by atoms with Gasteiger partial charge >= 0.3 is 5.97 Å². The Morgan fingerprint density at radius 2 is 2.22 bits per heavy atom. The number of fused-ring (bicyclic) bond motifs is 1. The second kappa shape index (κ2) is 5.14. The van der Waals surface area contributed by atoms with Crippen LogP contribution in [-0.2, 0) is 11.2 Å². The molecule has 2 rings (SSSR count). The standard InChI is InChI=1S/C14H16N2O2/c1-2-9-7-16-8-11-5-10(3-4-12(9)11)13(6-15)14(17)18/h3-5,7-8,13H,2,6,15H2,1H3,(H,17,18). The molecule has 94 valence electrons. The molecule has 1 unspecified atom stereocenters. The Morgan fingerprint density at radius 1 is 1.44 bits per heavy atom. The van der Waals surface area contributed by atoms with Gasteiger partial charge in [0.15, 0.2) is 0 Å². The SMILES string of the molecule is CCc1cncc2cc(C(CN)C(=O)O)ccc12. The molecule has 0 radical (unpaired) electrons. The van der Waals surface area contributed by atoms with Crippen LogP contribution in [0.4, 0.5) is 0 Å². The summed E-state index contributed by atoms with van der Waals surface area (Å²) < 4.78 is 0. The van der Waals surface area contributed by atoms with Crippen molar-refractivity contribution in [2.45, 2.75) is 19.3 Å². The van der Waals surface area contributed by atoms with Gasteiger partial charge in [0.2, 0.25) is 0 Å². The van der Waals surface area contributed by atoms with Gasteiger partial charge in [0.05, 0.1) is 5.92 Å². The summed E-state index contributed by atoms with van der Waals surface area (Å²) >= 11 is 0. The number of pyridine rings is 1. The van der Waals surface area contributed by atoms with Gasteiger partial charge in [-0.1, -0.05) is 19.1 Å². The Labute approximate surface area is 105 Å². The van der Waals surface area contributed by atoms with Crippen LogP contribution in [0.5, 0.6) is 0 Å². The number of hydrogen-bond acceptors (Lipinski definition) is 3. The summed E-state index contributed by atoms with van der Waals surface area (Å²) in [6.07, 6.45) is 4.51. The van der Waals surface area contributed by atoms with Crippen molar-refractivity contribution >= 4 is 16.7 Å². The highest BCUT2D eigenvalue weighted by atomic mass is 16.4. The molecule has 0 spiro atoms. The molecular weight excluding hydrogens is 228 g/mol. The average molecular weight is 244 g/mol. The normalized spacial score (nSPS) is 12.6. The Hall–Kier alpha value is -1.94. The van der Waals surface area contributed by atoms with E-state index in [1.165, 1.54) is 5.56 Å². The quantitative estimate of drug-likeness (QED) is 0.861. The number of aromatic nitrogens is 1.